The van der Waals surface area contributed by atoms with Gasteiger partial charge in [0.15, 0.2) is 0 Å². The Labute approximate surface area is 112 Å². The molecule has 18 heavy (non-hydrogen) atoms. The van der Waals surface area contributed by atoms with Crippen molar-refractivity contribution >= 4 is 18.2 Å². The van der Waals surface area contributed by atoms with Gasteiger partial charge in [0.1, 0.15) is 6.29 Å². The van der Waals surface area contributed by atoms with Gasteiger partial charge in [-0.2, -0.15) is 0 Å². The third-order valence-corrected chi connectivity index (χ3v) is 4.36. The van der Waals surface area contributed by atoms with Crippen LogP contribution in [-0.2, 0) is 4.79 Å². The molecule has 1 fully saturated rings. The van der Waals surface area contributed by atoms with Crippen LogP contribution in [0.1, 0.15) is 19.8 Å². The first-order valence-electron chi connectivity index (χ1n) is 6.18. The molecule has 0 aliphatic carbocycles. The fourth-order valence-electron chi connectivity index (χ4n) is 2.47. The van der Waals surface area contributed by atoms with Gasteiger partial charge >= 0.3 is 0 Å². The van der Waals surface area contributed by atoms with Crippen LogP contribution >= 0.6 is 11.9 Å². The summed E-state index contributed by atoms with van der Waals surface area (Å²) < 4.78 is 2.34. The molecule has 0 aromatic carbocycles. The summed E-state index contributed by atoms with van der Waals surface area (Å²) in [4.78, 5) is 23.7. The van der Waals surface area contributed by atoms with Gasteiger partial charge in [0, 0.05) is 61.8 Å². The highest BCUT2D eigenvalue weighted by Crippen LogP contribution is 2.36. The zero-order valence-electron chi connectivity index (χ0n) is 10.7. The minimum Gasteiger partial charge on any atom is -0.396 e. The number of aldehydes is 1. The van der Waals surface area contributed by atoms with E-state index in [1.54, 1.807) is 0 Å². The Morgan fingerprint density at radius 2 is 2.22 bits per heavy atom. The zero-order valence-corrected chi connectivity index (χ0v) is 11.5. The van der Waals surface area contributed by atoms with E-state index in [0.29, 0.717) is 6.42 Å². The van der Waals surface area contributed by atoms with Gasteiger partial charge in [-0.25, -0.2) is 0 Å². The Morgan fingerprint density at radius 1 is 1.56 bits per heavy atom. The first-order chi connectivity index (χ1) is 8.68. The van der Waals surface area contributed by atoms with Gasteiger partial charge in [0.25, 0.3) is 0 Å². The number of carbonyl (C=O) groups is 1. The maximum absolute atomic E-state index is 10.8. The fraction of sp³-hybridized carbons (Fsp3) is 0.909. The van der Waals surface area contributed by atoms with E-state index in [1.807, 2.05) is 6.92 Å². The minimum absolute atomic E-state index is 0.0162. The lowest BCUT2D eigenvalue weighted by molar-refractivity contribution is -0.108. The van der Waals surface area contributed by atoms with Crippen LogP contribution < -0.4 is 5.32 Å². The molecule has 0 amide bonds. The van der Waals surface area contributed by atoms with Crippen molar-refractivity contribution in [1.82, 2.24) is 10.2 Å². The Morgan fingerprint density at radius 3 is 2.72 bits per heavy atom. The van der Waals surface area contributed by atoms with E-state index >= 15 is 0 Å². The summed E-state index contributed by atoms with van der Waals surface area (Å²) in [7, 11) is 0. The van der Waals surface area contributed by atoms with Gasteiger partial charge < -0.3 is 15.2 Å². The van der Waals surface area contributed by atoms with E-state index in [2.05, 4.69) is 14.8 Å². The van der Waals surface area contributed by atoms with Crippen LogP contribution in [0.2, 0.25) is 0 Å². The highest BCUT2D eigenvalue weighted by molar-refractivity contribution is 7.99. The second-order valence-electron chi connectivity index (χ2n) is 4.66. The average molecular weight is 275 g/mol. The zero-order chi connectivity index (χ0) is 13.4. The summed E-state index contributed by atoms with van der Waals surface area (Å²) >= 11 is 0.910. The maximum Gasteiger partial charge on any atom is 0.121 e. The number of rotatable bonds is 8. The van der Waals surface area contributed by atoms with Crippen LogP contribution in [0.25, 0.3) is 0 Å². The van der Waals surface area contributed by atoms with Gasteiger partial charge in [-0.1, -0.05) is 0 Å². The lowest BCUT2D eigenvalue weighted by Gasteiger charge is -2.43. The molecule has 0 aromatic heterocycles. The number of aliphatic hydroxyl groups excluding tert-OH is 1. The summed E-state index contributed by atoms with van der Waals surface area (Å²) in [5.74, 6) is 0. The van der Waals surface area contributed by atoms with E-state index in [0.717, 1.165) is 44.4 Å². The molecule has 7 heteroatoms. The maximum atomic E-state index is 10.8. The predicted molar refractivity (Wildman–Crippen MR) is 72.4 cm³/mol. The van der Waals surface area contributed by atoms with Crippen LogP contribution in [0.3, 0.4) is 0 Å². The van der Waals surface area contributed by atoms with Crippen molar-refractivity contribution in [1.29, 1.82) is 0 Å². The van der Waals surface area contributed by atoms with E-state index in [9.17, 15) is 14.8 Å². The highest BCUT2D eigenvalue weighted by Gasteiger charge is 2.39. The van der Waals surface area contributed by atoms with Crippen LogP contribution in [0, 0.1) is 4.91 Å². The van der Waals surface area contributed by atoms with Gasteiger partial charge in [-0.15, -0.1) is 4.91 Å². The number of nitroso groups, excluding NO2 is 1. The number of hydrogen-bond donors (Lipinski definition) is 2. The number of nitrogens with zero attached hydrogens (tertiary/aromatic N) is 2. The predicted octanol–water partition coefficient (Wildman–Crippen LogP) is 0.405. The first-order valence-corrected chi connectivity index (χ1v) is 6.95. The molecule has 0 saturated carbocycles. The number of aliphatic hydroxyl groups is 1. The van der Waals surface area contributed by atoms with E-state index < -0.39 is 4.75 Å². The number of carbonyl (C=O) groups excluding carboxylic acids is 1. The molecule has 1 aliphatic rings. The molecule has 1 saturated heterocycles. The van der Waals surface area contributed by atoms with Crippen LogP contribution in [-0.4, -0.2) is 59.9 Å². The van der Waals surface area contributed by atoms with Crippen molar-refractivity contribution in [2.24, 2.45) is 4.58 Å². The van der Waals surface area contributed by atoms with E-state index in [1.165, 1.54) is 0 Å². The summed E-state index contributed by atoms with van der Waals surface area (Å²) in [6, 6.07) is -0.0162. The molecule has 0 spiro atoms. The normalized spacial score (nSPS) is 22.1. The minimum atomic E-state index is -0.566. The molecule has 2 atom stereocenters. The smallest absolute Gasteiger partial charge is 0.121 e. The van der Waals surface area contributed by atoms with E-state index in [4.69, 9.17) is 0 Å². The quantitative estimate of drug-likeness (QED) is 0.379. The summed E-state index contributed by atoms with van der Waals surface area (Å²) in [5.41, 5.74) is 0. The molecular weight excluding hydrogens is 254 g/mol. The summed E-state index contributed by atoms with van der Waals surface area (Å²) in [6.45, 7) is 5.41. The van der Waals surface area contributed by atoms with E-state index in [-0.39, 0.29) is 19.1 Å². The molecular formula is C11H21N3O3S. The standard InChI is InChI=1S/C11H21N3O3S/c1-11(3-9-16,18-13-17)10(2-8-15)14-6-4-12-5-7-14/h9-10,12,15H,2-8H2,1H3. The van der Waals surface area contributed by atoms with Crippen molar-refractivity contribution in [3.05, 3.63) is 4.91 Å². The van der Waals surface area contributed by atoms with Crippen molar-refractivity contribution < 1.29 is 9.90 Å². The SMILES string of the molecule is CC(CC=O)(SN=O)C(CCO)N1CCNCC1. The van der Waals surface area contributed by atoms with Crippen LogP contribution in [0.5, 0.6) is 0 Å². The Bertz CT molecular complexity index is 262. The number of hydrogen-bond acceptors (Lipinski definition) is 7. The molecule has 0 radical (unpaired) electrons. The number of nitrogens with one attached hydrogen (secondary N) is 1. The number of piperazine rings is 1. The Kier molecular flexibility index (Phi) is 6.77. The van der Waals surface area contributed by atoms with Crippen LogP contribution in [0.4, 0.5) is 0 Å². The fourth-order valence-corrected chi connectivity index (χ4v) is 3.18. The second kappa shape index (κ2) is 7.83. The average Bonchev–Trinajstić information content (AvgIpc) is 2.37. The molecule has 1 heterocycles. The largest absolute Gasteiger partial charge is 0.396 e. The van der Waals surface area contributed by atoms with Gasteiger partial charge in [-0.3, -0.25) is 4.90 Å². The topological polar surface area (TPSA) is 82.0 Å². The lowest BCUT2D eigenvalue weighted by atomic mass is 9.93. The Hall–Kier alpha value is -0.500. The van der Waals surface area contributed by atoms with Crippen molar-refractivity contribution in [3.8, 4) is 0 Å². The van der Waals surface area contributed by atoms with Gasteiger partial charge in [0.2, 0.25) is 0 Å². The van der Waals surface area contributed by atoms with Gasteiger partial charge in [0.05, 0.1) is 4.75 Å². The third-order valence-electron chi connectivity index (χ3n) is 3.43. The molecule has 1 rings (SSSR count). The summed E-state index contributed by atoms with van der Waals surface area (Å²) in [5, 5.41) is 12.5. The van der Waals surface area contributed by atoms with Crippen molar-refractivity contribution in [3.63, 3.8) is 0 Å². The Balaban J connectivity index is 2.83. The molecule has 104 valence electrons. The van der Waals surface area contributed by atoms with Crippen molar-refractivity contribution in [2.75, 3.05) is 32.8 Å². The molecule has 6 nitrogen and oxygen atoms in total. The molecule has 2 unspecified atom stereocenters. The lowest BCUT2D eigenvalue weighted by Crippen LogP contribution is -2.56. The third kappa shape index (κ3) is 4.01. The van der Waals surface area contributed by atoms with Crippen molar-refractivity contribution in [2.45, 2.75) is 30.6 Å². The van der Waals surface area contributed by atoms with Crippen LogP contribution in [0.15, 0.2) is 4.58 Å². The first kappa shape index (κ1) is 15.6. The monoisotopic (exact) mass is 275 g/mol. The molecule has 0 bridgehead atoms. The highest BCUT2D eigenvalue weighted by atomic mass is 32.2. The molecule has 0 aromatic rings. The second-order valence-corrected chi connectivity index (χ2v) is 5.93. The van der Waals surface area contributed by atoms with Gasteiger partial charge in [-0.05, 0) is 13.3 Å². The molecule has 1 aliphatic heterocycles. The summed E-state index contributed by atoms with van der Waals surface area (Å²) in [6.07, 6.45) is 1.63. The molecule has 2 N–H and O–H groups in total.